The molecule has 2 aromatic rings. The van der Waals surface area contributed by atoms with Crippen LogP contribution in [0, 0.1) is 29.6 Å². The van der Waals surface area contributed by atoms with Crippen molar-refractivity contribution in [2.24, 2.45) is 29.6 Å². The van der Waals surface area contributed by atoms with Crippen LogP contribution in [0.4, 0.5) is 5.82 Å². The second-order valence-corrected chi connectivity index (χ2v) is 11.9. The first-order valence-corrected chi connectivity index (χ1v) is 13.7. The van der Waals surface area contributed by atoms with E-state index in [2.05, 4.69) is 20.2 Å². The first-order valence-electron chi connectivity index (χ1n) is 13.3. The van der Waals surface area contributed by atoms with Crippen LogP contribution in [-0.4, -0.2) is 52.4 Å². The summed E-state index contributed by atoms with van der Waals surface area (Å²) in [5, 5.41) is 4.47. The number of amides is 1. The molecule has 4 bridgehead atoms. The Hall–Kier alpha value is -2.18. The quantitative estimate of drug-likeness (QED) is 0.609. The summed E-state index contributed by atoms with van der Waals surface area (Å²) in [6, 6.07) is 7.80. The normalized spacial score (nSPS) is 28.9. The van der Waals surface area contributed by atoms with E-state index in [1.54, 1.807) is 6.33 Å². The van der Waals surface area contributed by atoms with Gasteiger partial charge in [0.2, 0.25) is 5.91 Å². The van der Waals surface area contributed by atoms with Gasteiger partial charge in [0.1, 0.15) is 12.1 Å². The number of anilines is 1. The van der Waals surface area contributed by atoms with Gasteiger partial charge in [-0.05, 0) is 92.9 Å². The van der Waals surface area contributed by atoms with Gasteiger partial charge >= 0.3 is 0 Å². The largest absolute Gasteiger partial charge is 0.369 e. The Balaban J connectivity index is 1.05. The van der Waals surface area contributed by atoms with Crippen LogP contribution in [0.5, 0.6) is 0 Å². The molecule has 6 nitrogen and oxygen atoms in total. The van der Waals surface area contributed by atoms with E-state index in [0.717, 1.165) is 71.2 Å². The van der Waals surface area contributed by atoms with Crippen molar-refractivity contribution < 1.29 is 4.79 Å². The highest BCUT2D eigenvalue weighted by molar-refractivity contribution is 6.30. The fourth-order valence-electron chi connectivity index (χ4n) is 7.59. The molecular formula is C28H36ClN5O. The van der Waals surface area contributed by atoms with Crippen molar-refractivity contribution in [3.63, 3.8) is 0 Å². The van der Waals surface area contributed by atoms with E-state index in [9.17, 15) is 4.79 Å². The molecule has 0 saturated heterocycles. The van der Waals surface area contributed by atoms with Crippen molar-refractivity contribution in [3.8, 4) is 0 Å². The fourth-order valence-corrected chi connectivity index (χ4v) is 7.72. The summed E-state index contributed by atoms with van der Waals surface area (Å²) in [5.74, 6) is 5.78. The Kier molecular flexibility index (Phi) is 6.44. The molecule has 4 aliphatic carbocycles. The zero-order valence-electron chi connectivity index (χ0n) is 20.6. The summed E-state index contributed by atoms with van der Waals surface area (Å²) < 4.78 is 0. The van der Waals surface area contributed by atoms with Crippen molar-refractivity contribution >= 4 is 23.3 Å². The number of fused-ring (bicyclic) bond motifs is 1. The first kappa shape index (κ1) is 23.2. The minimum absolute atomic E-state index is 0.147. The molecule has 1 aliphatic heterocycles. The lowest BCUT2D eigenvalue weighted by Crippen LogP contribution is -2.47. The van der Waals surface area contributed by atoms with Crippen LogP contribution in [0.25, 0.3) is 0 Å². The number of halogens is 1. The Morgan fingerprint density at radius 1 is 1.09 bits per heavy atom. The summed E-state index contributed by atoms with van der Waals surface area (Å²) in [6.07, 6.45) is 9.77. The Morgan fingerprint density at radius 2 is 1.80 bits per heavy atom. The van der Waals surface area contributed by atoms with Gasteiger partial charge in [-0.25, -0.2) is 9.97 Å². The molecule has 35 heavy (non-hydrogen) atoms. The molecule has 1 N–H and O–H groups in total. The smallest absolute Gasteiger partial charge is 0.237 e. The second-order valence-electron chi connectivity index (χ2n) is 11.5. The van der Waals surface area contributed by atoms with Gasteiger partial charge in [-0.15, -0.1) is 0 Å². The van der Waals surface area contributed by atoms with E-state index in [0.29, 0.717) is 19.6 Å². The van der Waals surface area contributed by atoms with Crippen LogP contribution < -0.4 is 5.32 Å². The number of nitrogens with zero attached hydrogens (tertiary/aromatic N) is 4. The van der Waals surface area contributed by atoms with Crippen LogP contribution >= 0.6 is 11.6 Å². The van der Waals surface area contributed by atoms with E-state index in [-0.39, 0.29) is 5.91 Å². The standard InChI is InChI=1S/C28H36ClN5O/c1-33(14-18-2-4-23(29)5-3-18)16-27(35)34-7-6-24-26(15-34)31-17-32-28(24)30-13-25-21-9-19-8-20(11-21)12-22(25)10-19/h2-5,17,19-22,25H,6-16H2,1H3,(H,30,31,32). The third kappa shape index (κ3) is 4.92. The summed E-state index contributed by atoms with van der Waals surface area (Å²) in [6.45, 7) is 3.43. The Bertz CT molecular complexity index is 1050. The number of carbonyl (C=O) groups is 1. The number of aromatic nitrogens is 2. The van der Waals surface area contributed by atoms with E-state index in [1.807, 2.05) is 36.2 Å². The van der Waals surface area contributed by atoms with Crippen molar-refractivity contribution in [1.29, 1.82) is 0 Å². The molecule has 4 fully saturated rings. The highest BCUT2D eigenvalue weighted by Crippen LogP contribution is 2.56. The van der Waals surface area contributed by atoms with E-state index in [1.165, 1.54) is 37.7 Å². The van der Waals surface area contributed by atoms with E-state index >= 15 is 0 Å². The molecule has 4 saturated carbocycles. The molecule has 5 aliphatic rings. The Labute approximate surface area is 213 Å². The first-order chi connectivity index (χ1) is 17.0. The van der Waals surface area contributed by atoms with Gasteiger partial charge in [-0.1, -0.05) is 23.7 Å². The number of hydrogen-bond donors (Lipinski definition) is 1. The minimum Gasteiger partial charge on any atom is -0.369 e. The molecule has 0 atom stereocenters. The third-order valence-electron chi connectivity index (χ3n) is 9.06. The number of likely N-dealkylation sites (N-methyl/N-ethyl adjacent to an activating group) is 1. The van der Waals surface area contributed by atoms with Crippen molar-refractivity contribution in [2.45, 2.75) is 51.6 Å². The van der Waals surface area contributed by atoms with Crippen LogP contribution in [0.2, 0.25) is 5.02 Å². The van der Waals surface area contributed by atoms with Gasteiger partial charge in [0.15, 0.2) is 0 Å². The van der Waals surface area contributed by atoms with Crippen molar-refractivity contribution in [1.82, 2.24) is 19.8 Å². The monoisotopic (exact) mass is 493 g/mol. The predicted molar refractivity (Wildman–Crippen MR) is 138 cm³/mol. The minimum atomic E-state index is 0.147. The van der Waals surface area contributed by atoms with Gasteiger partial charge in [-0.2, -0.15) is 0 Å². The van der Waals surface area contributed by atoms with Crippen molar-refractivity contribution in [3.05, 3.63) is 52.4 Å². The molecule has 1 amide bonds. The zero-order chi connectivity index (χ0) is 23.9. The van der Waals surface area contributed by atoms with Crippen LogP contribution in [0.15, 0.2) is 30.6 Å². The van der Waals surface area contributed by atoms with Crippen molar-refractivity contribution in [2.75, 3.05) is 32.0 Å². The molecule has 186 valence electrons. The van der Waals surface area contributed by atoms with E-state index in [4.69, 9.17) is 11.6 Å². The third-order valence-corrected chi connectivity index (χ3v) is 9.31. The topological polar surface area (TPSA) is 61.4 Å². The second kappa shape index (κ2) is 9.70. The maximum atomic E-state index is 13.0. The molecule has 0 radical (unpaired) electrons. The summed E-state index contributed by atoms with van der Waals surface area (Å²) in [4.78, 5) is 26.2. The molecular weight excluding hydrogens is 458 g/mol. The molecule has 7 rings (SSSR count). The number of rotatable bonds is 7. The van der Waals surface area contributed by atoms with Gasteiger partial charge < -0.3 is 10.2 Å². The lowest BCUT2D eigenvalue weighted by atomic mass is 9.52. The molecule has 7 heteroatoms. The maximum Gasteiger partial charge on any atom is 0.237 e. The predicted octanol–water partition coefficient (Wildman–Crippen LogP) is 4.63. The van der Waals surface area contributed by atoms with Crippen LogP contribution in [0.3, 0.4) is 0 Å². The van der Waals surface area contributed by atoms with Gasteiger partial charge in [0, 0.05) is 30.2 Å². The number of carbonyl (C=O) groups excluding carboxylic acids is 1. The zero-order valence-corrected chi connectivity index (χ0v) is 21.4. The number of hydrogen-bond acceptors (Lipinski definition) is 5. The maximum absolute atomic E-state index is 13.0. The average Bonchev–Trinajstić information content (AvgIpc) is 2.84. The SMILES string of the molecule is CN(CC(=O)N1CCc2c(ncnc2NCC2C3CC4CC(C3)CC2C4)C1)Cc1ccc(Cl)cc1. The van der Waals surface area contributed by atoms with Gasteiger partial charge in [0.05, 0.1) is 18.8 Å². The lowest BCUT2D eigenvalue weighted by molar-refractivity contribution is -0.133. The van der Waals surface area contributed by atoms with Gasteiger partial charge in [0.25, 0.3) is 0 Å². The summed E-state index contributed by atoms with van der Waals surface area (Å²) >= 11 is 5.99. The number of benzene rings is 1. The molecule has 0 unspecified atom stereocenters. The average molecular weight is 494 g/mol. The Morgan fingerprint density at radius 3 is 2.51 bits per heavy atom. The summed E-state index contributed by atoms with van der Waals surface area (Å²) in [5.41, 5.74) is 3.35. The van der Waals surface area contributed by atoms with E-state index < -0.39 is 0 Å². The van der Waals surface area contributed by atoms with Gasteiger partial charge in [-0.3, -0.25) is 9.69 Å². The fraction of sp³-hybridized carbons (Fsp3) is 0.607. The lowest BCUT2D eigenvalue weighted by Gasteiger charge is -2.54. The van der Waals surface area contributed by atoms with Crippen LogP contribution in [0.1, 0.15) is 48.9 Å². The molecule has 1 aromatic heterocycles. The molecule has 0 spiro atoms. The number of nitrogens with one attached hydrogen (secondary N) is 1. The molecule has 2 heterocycles. The highest BCUT2D eigenvalue weighted by Gasteiger charge is 2.47. The van der Waals surface area contributed by atoms with Crippen LogP contribution in [-0.2, 0) is 24.3 Å². The summed E-state index contributed by atoms with van der Waals surface area (Å²) in [7, 11) is 1.98. The molecule has 1 aromatic carbocycles. The highest BCUT2D eigenvalue weighted by atomic mass is 35.5.